The Morgan fingerprint density at radius 1 is 1.46 bits per heavy atom. The van der Waals surface area contributed by atoms with Crippen molar-refractivity contribution in [2.75, 3.05) is 5.75 Å². The summed E-state index contributed by atoms with van der Waals surface area (Å²) in [6.45, 7) is 2.20. The monoisotopic (exact) mass is 192 g/mol. The molecule has 0 radical (unpaired) electrons. The fourth-order valence-corrected chi connectivity index (χ4v) is 2.03. The number of aromatic amines is 1. The Kier molecular flexibility index (Phi) is 2.54. The summed E-state index contributed by atoms with van der Waals surface area (Å²) in [5.41, 5.74) is 2.17. The first-order chi connectivity index (χ1) is 6.40. The van der Waals surface area contributed by atoms with Crippen molar-refractivity contribution < 1.29 is 0 Å². The number of rotatable bonds is 3. The van der Waals surface area contributed by atoms with Crippen LogP contribution in [0.2, 0.25) is 0 Å². The molecule has 13 heavy (non-hydrogen) atoms. The lowest BCUT2D eigenvalue weighted by atomic mass is 10.3. The predicted molar refractivity (Wildman–Crippen MR) is 57.1 cm³/mol. The van der Waals surface area contributed by atoms with Crippen molar-refractivity contribution in [2.24, 2.45) is 0 Å². The van der Waals surface area contributed by atoms with Gasteiger partial charge in [-0.25, -0.2) is 4.98 Å². The van der Waals surface area contributed by atoms with Crippen molar-refractivity contribution in [1.82, 2.24) is 9.97 Å². The summed E-state index contributed by atoms with van der Waals surface area (Å²) in [5.74, 6) is 1.18. The van der Waals surface area contributed by atoms with Crippen LogP contribution in [0.25, 0.3) is 11.0 Å². The zero-order valence-corrected chi connectivity index (χ0v) is 8.40. The van der Waals surface area contributed by atoms with Gasteiger partial charge in [0.2, 0.25) is 0 Å². The topological polar surface area (TPSA) is 28.7 Å². The normalized spacial score (nSPS) is 10.8. The number of H-pyrrole nitrogens is 1. The fourth-order valence-electron chi connectivity index (χ4n) is 1.22. The number of nitrogens with zero attached hydrogens (tertiary/aromatic N) is 1. The highest BCUT2D eigenvalue weighted by atomic mass is 32.2. The lowest BCUT2D eigenvalue weighted by Gasteiger charge is -1.98. The lowest BCUT2D eigenvalue weighted by Crippen LogP contribution is -1.76. The zero-order valence-electron chi connectivity index (χ0n) is 7.58. The standard InChI is InChI=1S/C10H12N2S/c1-2-5-13-8-3-4-9-10(6-8)12-7-11-9/h3-4,6-7H,2,5H2,1H3,(H,11,12). The first-order valence-electron chi connectivity index (χ1n) is 4.46. The minimum atomic E-state index is 1.04. The molecular weight excluding hydrogens is 180 g/mol. The Balaban J connectivity index is 2.26. The second-order valence-electron chi connectivity index (χ2n) is 2.93. The molecule has 1 aromatic heterocycles. The molecule has 0 unspecified atom stereocenters. The van der Waals surface area contributed by atoms with Gasteiger partial charge in [0.1, 0.15) is 0 Å². The molecule has 1 N–H and O–H groups in total. The van der Waals surface area contributed by atoms with E-state index in [1.165, 1.54) is 17.1 Å². The molecule has 2 rings (SSSR count). The van der Waals surface area contributed by atoms with E-state index in [4.69, 9.17) is 0 Å². The number of fused-ring (bicyclic) bond motifs is 1. The van der Waals surface area contributed by atoms with E-state index in [1.54, 1.807) is 6.33 Å². The fraction of sp³-hybridized carbons (Fsp3) is 0.300. The molecule has 0 fully saturated rings. The van der Waals surface area contributed by atoms with Gasteiger partial charge < -0.3 is 4.98 Å². The first kappa shape index (κ1) is 8.63. The molecule has 2 aromatic rings. The number of benzene rings is 1. The molecule has 0 saturated carbocycles. The number of nitrogens with one attached hydrogen (secondary N) is 1. The van der Waals surface area contributed by atoms with Crippen LogP contribution in [-0.4, -0.2) is 15.7 Å². The van der Waals surface area contributed by atoms with Crippen LogP contribution in [0.15, 0.2) is 29.4 Å². The quantitative estimate of drug-likeness (QED) is 0.757. The molecule has 0 aliphatic carbocycles. The van der Waals surface area contributed by atoms with Crippen molar-refractivity contribution >= 4 is 22.8 Å². The molecule has 1 heterocycles. The molecule has 0 aliphatic heterocycles. The molecule has 0 aliphatic rings. The smallest absolute Gasteiger partial charge is 0.0931 e. The summed E-state index contributed by atoms with van der Waals surface area (Å²) < 4.78 is 0. The maximum absolute atomic E-state index is 4.18. The summed E-state index contributed by atoms with van der Waals surface area (Å²) in [6.07, 6.45) is 2.95. The third kappa shape index (κ3) is 1.86. The van der Waals surface area contributed by atoms with E-state index in [1.807, 2.05) is 11.8 Å². The van der Waals surface area contributed by atoms with Crippen LogP contribution in [0.4, 0.5) is 0 Å². The minimum Gasteiger partial charge on any atom is -0.345 e. The number of aromatic nitrogens is 2. The second kappa shape index (κ2) is 3.83. The Morgan fingerprint density at radius 3 is 3.23 bits per heavy atom. The summed E-state index contributed by atoms with van der Waals surface area (Å²) in [5, 5.41) is 0. The van der Waals surface area contributed by atoms with Gasteiger partial charge in [-0.2, -0.15) is 0 Å². The highest BCUT2D eigenvalue weighted by molar-refractivity contribution is 7.99. The molecule has 0 amide bonds. The Morgan fingerprint density at radius 2 is 2.38 bits per heavy atom. The van der Waals surface area contributed by atoms with Crippen molar-refractivity contribution in [3.05, 3.63) is 24.5 Å². The lowest BCUT2D eigenvalue weighted by molar-refractivity contribution is 1.10. The van der Waals surface area contributed by atoms with Gasteiger partial charge in [-0.3, -0.25) is 0 Å². The third-order valence-corrected chi connectivity index (χ3v) is 3.06. The minimum absolute atomic E-state index is 1.04. The van der Waals surface area contributed by atoms with Crippen molar-refractivity contribution in [3.8, 4) is 0 Å². The van der Waals surface area contributed by atoms with Crippen LogP contribution in [-0.2, 0) is 0 Å². The van der Waals surface area contributed by atoms with Crippen LogP contribution in [0.1, 0.15) is 13.3 Å². The summed E-state index contributed by atoms with van der Waals surface area (Å²) in [4.78, 5) is 8.61. The van der Waals surface area contributed by atoms with E-state index in [0.717, 1.165) is 11.0 Å². The third-order valence-electron chi connectivity index (χ3n) is 1.86. The maximum atomic E-state index is 4.18. The van der Waals surface area contributed by atoms with Gasteiger partial charge in [-0.1, -0.05) is 6.92 Å². The molecule has 0 spiro atoms. The van der Waals surface area contributed by atoms with E-state index in [-0.39, 0.29) is 0 Å². The van der Waals surface area contributed by atoms with E-state index >= 15 is 0 Å². The second-order valence-corrected chi connectivity index (χ2v) is 4.10. The average molecular weight is 192 g/mol. The van der Waals surface area contributed by atoms with E-state index < -0.39 is 0 Å². The van der Waals surface area contributed by atoms with Gasteiger partial charge in [0.05, 0.1) is 17.4 Å². The van der Waals surface area contributed by atoms with Crippen LogP contribution >= 0.6 is 11.8 Å². The van der Waals surface area contributed by atoms with Crippen molar-refractivity contribution in [1.29, 1.82) is 0 Å². The van der Waals surface area contributed by atoms with Gasteiger partial charge in [0.25, 0.3) is 0 Å². The highest BCUT2D eigenvalue weighted by Crippen LogP contribution is 2.21. The van der Waals surface area contributed by atoms with E-state index in [0.29, 0.717) is 0 Å². The van der Waals surface area contributed by atoms with Gasteiger partial charge in [-0.15, -0.1) is 11.8 Å². The summed E-state index contributed by atoms with van der Waals surface area (Å²) in [6, 6.07) is 6.34. The molecule has 1 aromatic carbocycles. The maximum Gasteiger partial charge on any atom is 0.0931 e. The highest BCUT2D eigenvalue weighted by Gasteiger charge is 1.97. The summed E-state index contributed by atoms with van der Waals surface area (Å²) >= 11 is 1.89. The van der Waals surface area contributed by atoms with Crippen LogP contribution < -0.4 is 0 Å². The predicted octanol–water partition coefficient (Wildman–Crippen LogP) is 3.07. The Bertz CT molecular complexity index is 394. The van der Waals surface area contributed by atoms with Crippen LogP contribution in [0.3, 0.4) is 0 Å². The van der Waals surface area contributed by atoms with Gasteiger partial charge >= 0.3 is 0 Å². The van der Waals surface area contributed by atoms with Crippen molar-refractivity contribution in [2.45, 2.75) is 18.2 Å². The first-order valence-corrected chi connectivity index (χ1v) is 5.44. The number of hydrogen-bond acceptors (Lipinski definition) is 2. The molecule has 0 bridgehead atoms. The SMILES string of the molecule is CCCSc1ccc2nc[nH]c2c1. The molecular formula is C10H12N2S. The van der Waals surface area contributed by atoms with Crippen LogP contribution in [0.5, 0.6) is 0 Å². The average Bonchev–Trinajstić information content (AvgIpc) is 2.61. The van der Waals surface area contributed by atoms with Gasteiger partial charge in [-0.05, 0) is 30.4 Å². The van der Waals surface area contributed by atoms with E-state index in [2.05, 4.69) is 35.1 Å². The number of thioether (sulfide) groups is 1. The van der Waals surface area contributed by atoms with Gasteiger partial charge in [0.15, 0.2) is 0 Å². The number of hydrogen-bond donors (Lipinski definition) is 1. The number of imidazole rings is 1. The molecule has 0 atom stereocenters. The molecule has 2 nitrogen and oxygen atoms in total. The summed E-state index contributed by atoms with van der Waals surface area (Å²) in [7, 11) is 0. The molecule has 0 saturated heterocycles. The Labute approximate surface area is 81.8 Å². The van der Waals surface area contributed by atoms with Crippen LogP contribution in [0, 0.1) is 0 Å². The van der Waals surface area contributed by atoms with Crippen molar-refractivity contribution in [3.63, 3.8) is 0 Å². The Hall–Kier alpha value is -0.960. The van der Waals surface area contributed by atoms with E-state index in [9.17, 15) is 0 Å². The molecule has 3 heteroatoms. The molecule has 68 valence electrons. The van der Waals surface area contributed by atoms with Gasteiger partial charge in [0, 0.05) is 4.90 Å². The largest absolute Gasteiger partial charge is 0.345 e. The zero-order chi connectivity index (χ0) is 9.10.